The van der Waals surface area contributed by atoms with Crippen LogP contribution in [0.3, 0.4) is 0 Å². The van der Waals surface area contributed by atoms with Crippen LogP contribution in [-0.2, 0) is 13.0 Å². The van der Waals surface area contributed by atoms with Crippen LogP contribution in [0.15, 0.2) is 47.1 Å². The van der Waals surface area contributed by atoms with Gasteiger partial charge in [-0.3, -0.25) is 4.90 Å². The van der Waals surface area contributed by atoms with Gasteiger partial charge in [-0.05, 0) is 42.8 Å². The van der Waals surface area contributed by atoms with Crippen molar-refractivity contribution in [1.29, 1.82) is 0 Å². The molecule has 0 saturated carbocycles. The van der Waals surface area contributed by atoms with E-state index in [1.165, 1.54) is 5.56 Å². The predicted octanol–water partition coefficient (Wildman–Crippen LogP) is 2.93. The number of nitrogen functional groups attached to an aromatic ring is 1. The third-order valence-corrected chi connectivity index (χ3v) is 3.10. The van der Waals surface area contributed by atoms with Gasteiger partial charge in [0.05, 0.1) is 12.8 Å². The largest absolute Gasteiger partial charge is 0.468 e. The predicted molar refractivity (Wildman–Crippen MR) is 74.2 cm³/mol. The van der Waals surface area contributed by atoms with E-state index in [0.29, 0.717) is 0 Å². The standard InChI is InChI=1S/C15H20N2O/c1-2-17(12-15-4-3-11-18-15)10-9-13-5-7-14(16)8-6-13/h3-8,11H,2,9-10,12,16H2,1H3. The molecular formula is C15H20N2O. The van der Waals surface area contributed by atoms with Crippen LogP contribution in [0.1, 0.15) is 18.2 Å². The van der Waals surface area contributed by atoms with E-state index in [0.717, 1.165) is 37.5 Å². The Morgan fingerprint density at radius 1 is 1.17 bits per heavy atom. The highest BCUT2D eigenvalue weighted by atomic mass is 16.3. The van der Waals surface area contributed by atoms with E-state index in [4.69, 9.17) is 10.2 Å². The summed E-state index contributed by atoms with van der Waals surface area (Å²) in [5.74, 6) is 1.02. The molecule has 0 aliphatic heterocycles. The topological polar surface area (TPSA) is 42.4 Å². The molecule has 0 fully saturated rings. The first-order chi connectivity index (χ1) is 8.78. The van der Waals surface area contributed by atoms with Crippen LogP contribution in [-0.4, -0.2) is 18.0 Å². The summed E-state index contributed by atoms with van der Waals surface area (Å²) in [6, 6.07) is 12.1. The average Bonchev–Trinajstić information content (AvgIpc) is 2.89. The normalized spacial score (nSPS) is 11.0. The Labute approximate surface area is 108 Å². The van der Waals surface area contributed by atoms with Crippen molar-refractivity contribution in [3.63, 3.8) is 0 Å². The lowest BCUT2D eigenvalue weighted by Gasteiger charge is -2.18. The number of rotatable bonds is 6. The molecule has 18 heavy (non-hydrogen) atoms. The maximum atomic E-state index is 5.68. The molecular weight excluding hydrogens is 224 g/mol. The molecule has 0 saturated heterocycles. The molecule has 2 N–H and O–H groups in total. The molecule has 1 heterocycles. The molecule has 1 aromatic heterocycles. The lowest BCUT2D eigenvalue weighted by Crippen LogP contribution is -2.25. The highest BCUT2D eigenvalue weighted by molar-refractivity contribution is 5.39. The minimum atomic E-state index is 0.821. The van der Waals surface area contributed by atoms with E-state index in [2.05, 4.69) is 24.0 Å². The van der Waals surface area contributed by atoms with Crippen molar-refractivity contribution in [3.05, 3.63) is 54.0 Å². The second-order valence-electron chi connectivity index (χ2n) is 4.44. The number of hydrogen-bond acceptors (Lipinski definition) is 3. The summed E-state index contributed by atoms with van der Waals surface area (Å²) in [7, 11) is 0. The summed E-state index contributed by atoms with van der Waals surface area (Å²) in [4.78, 5) is 2.37. The van der Waals surface area contributed by atoms with Crippen molar-refractivity contribution in [2.75, 3.05) is 18.8 Å². The highest BCUT2D eigenvalue weighted by Gasteiger charge is 2.05. The van der Waals surface area contributed by atoms with Gasteiger partial charge in [0.25, 0.3) is 0 Å². The number of furan rings is 1. The first-order valence-electron chi connectivity index (χ1n) is 6.37. The van der Waals surface area contributed by atoms with Crippen molar-refractivity contribution in [1.82, 2.24) is 4.90 Å². The summed E-state index contributed by atoms with van der Waals surface area (Å²) >= 11 is 0. The zero-order valence-electron chi connectivity index (χ0n) is 10.8. The van der Waals surface area contributed by atoms with Gasteiger partial charge in [-0.15, -0.1) is 0 Å². The zero-order valence-corrected chi connectivity index (χ0v) is 10.8. The third-order valence-electron chi connectivity index (χ3n) is 3.10. The molecule has 2 rings (SSSR count). The fourth-order valence-corrected chi connectivity index (χ4v) is 1.94. The van der Waals surface area contributed by atoms with Crippen molar-refractivity contribution < 1.29 is 4.42 Å². The van der Waals surface area contributed by atoms with E-state index < -0.39 is 0 Å². The zero-order chi connectivity index (χ0) is 12.8. The fraction of sp³-hybridized carbons (Fsp3) is 0.333. The molecule has 0 unspecified atom stereocenters. The Balaban J connectivity index is 1.85. The summed E-state index contributed by atoms with van der Waals surface area (Å²) in [5, 5.41) is 0. The van der Waals surface area contributed by atoms with Crippen LogP contribution in [0, 0.1) is 0 Å². The molecule has 3 heteroatoms. The number of hydrogen-bond donors (Lipinski definition) is 1. The highest BCUT2D eigenvalue weighted by Crippen LogP contribution is 2.09. The van der Waals surface area contributed by atoms with Gasteiger partial charge in [0, 0.05) is 12.2 Å². The second-order valence-corrected chi connectivity index (χ2v) is 4.44. The maximum Gasteiger partial charge on any atom is 0.117 e. The van der Waals surface area contributed by atoms with Crippen LogP contribution >= 0.6 is 0 Å². The van der Waals surface area contributed by atoms with Crippen molar-refractivity contribution in [3.8, 4) is 0 Å². The van der Waals surface area contributed by atoms with Gasteiger partial charge in [0.15, 0.2) is 0 Å². The lowest BCUT2D eigenvalue weighted by molar-refractivity contribution is 0.259. The number of benzene rings is 1. The van der Waals surface area contributed by atoms with E-state index in [-0.39, 0.29) is 0 Å². The Morgan fingerprint density at radius 2 is 1.94 bits per heavy atom. The maximum absolute atomic E-state index is 5.68. The smallest absolute Gasteiger partial charge is 0.117 e. The molecule has 96 valence electrons. The van der Waals surface area contributed by atoms with E-state index >= 15 is 0 Å². The Kier molecular flexibility index (Phi) is 4.42. The number of likely N-dealkylation sites (N-methyl/N-ethyl adjacent to an activating group) is 1. The van der Waals surface area contributed by atoms with Gasteiger partial charge in [-0.25, -0.2) is 0 Å². The van der Waals surface area contributed by atoms with Gasteiger partial charge in [-0.2, -0.15) is 0 Å². The van der Waals surface area contributed by atoms with Gasteiger partial charge < -0.3 is 10.2 Å². The molecule has 0 radical (unpaired) electrons. The fourth-order valence-electron chi connectivity index (χ4n) is 1.94. The average molecular weight is 244 g/mol. The van der Waals surface area contributed by atoms with Gasteiger partial charge in [0.1, 0.15) is 5.76 Å². The molecule has 0 spiro atoms. The van der Waals surface area contributed by atoms with Crippen LogP contribution in [0.2, 0.25) is 0 Å². The quantitative estimate of drug-likeness (QED) is 0.794. The molecule has 1 aromatic carbocycles. The summed E-state index contributed by atoms with van der Waals surface area (Å²) in [5.41, 5.74) is 7.82. The summed E-state index contributed by atoms with van der Waals surface area (Å²) in [6.45, 7) is 5.10. The van der Waals surface area contributed by atoms with Crippen molar-refractivity contribution in [2.45, 2.75) is 19.9 Å². The van der Waals surface area contributed by atoms with E-state index in [1.54, 1.807) is 6.26 Å². The molecule has 0 aliphatic rings. The van der Waals surface area contributed by atoms with Crippen LogP contribution in [0.5, 0.6) is 0 Å². The molecule has 0 atom stereocenters. The number of anilines is 1. The summed E-state index contributed by atoms with van der Waals surface area (Å²) < 4.78 is 5.38. The third kappa shape index (κ3) is 3.64. The molecule has 2 aromatic rings. The Hall–Kier alpha value is -1.74. The first-order valence-corrected chi connectivity index (χ1v) is 6.37. The van der Waals surface area contributed by atoms with Gasteiger partial charge >= 0.3 is 0 Å². The summed E-state index contributed by atoms with van der Waals surface area (Å²) in [6.07, 6.45) is 2.76. The molecule has 0 aliphatic carbocycles. The SMILES string of the molecule is CCN(CCc1ccc(N)cc1)Cc1ccco1. The van der Waals surface area contributed by atoms with Crippen LogP contribution < -0.4 is 5.73 Å². The molecule has 3 nitrogen and oxygen atoms in total. The number of nitrogens with two attached hydrogens (primary N) is 1. The lowest BCUT2D eigenvalue weighted by atomic mass is 10.1. The minimum absolute atomic E-state index is 0.821. The van der Waals surface area contributed by atoms with E-state index in [9.17, 15) is 0 Å². The first kappa shape index (κ1) is 12.7. The minimum Gasteiger partial charge on any atom is -0.468 e. The monoisotopic (exact) mass is 244 g/mol. The van der Waals surface area contributed by atoms with E-state index in [1.807, 2.05) is 24.3 Å². The van der Waals surface area contributed by atoms with Crippen LogP contribution in [0.25, 0.3) is 0 Å². The molecule has 0 amide bonds. The van der Waals surface area contributed by atoms with Gasteiger partial charge in [0.2, 0.25) is 0 Å². The van der Waals surface area contributed by atoms with Crippen LogP contribution in [0.4, 0.5) is 5.69 Å². The van der Waals surface area contributed by atoms with Crippen molar-refractivity contribution >= 4 is 5.69 Å². The Morgan fingerprint density at radius 3 is 2.56 bits per heavy atom. The van der Waals surface area contributed by atoms with Gasteiger partial charge in [-0.1, -0.05) is 19.1 Å². The van der Waals surface area contributed by atoms with Crippen molar-refractivity contribution in [2.24, 2.45) is 0 Å². The molecule has 0 bridgehead atoms. The number of nitrogens with zero attached hydrogens (tertiary/aromatic N) is 1. The Bertz CT molecular complexity index is 448. The second kappa shape index (κ2) is 6.26.